The van der Waals surface area contributed by atoms with Crippen molar-refractivity contribution in [1.82, 2.24) is 10.2 Å². The van der Waals surface area contributed by atoms with Crippen LogP contribution in [0, 0.1) is 0 Å². The molecule has 2 unspecified atom stereocenters. The van der Waals surface area contributed by atoms with Crippen LogP contribution in [0.4, 0.5) is 0 Å². The normalized spacial score (nSPS) is 17.5. The number of nitrogens with zero attached hydrogens (tertiary/aromatic N) is 1. The molecule has 1 heterocycles. The maximum absolute atomic E-state index is 12.3. The quantitative estimate of drug-likeness (QED) is 0.510. The number of hydrogen-bond acceptors (Lipinski definition) is 6. The van der Waals surface area contributed by atoms with Crippen molar-refractivity contribution >= 4 is 29.5 Å². The molecule has 1 aromatic rings. The minimum absolute atomic E-state index is 0.0691. The molecule has 0 spiro atoms. The minimum Gasteiger partial charge on any atom is -0.496 e. The van der Waals surface area contributed by atoms with Gasteiger partial charge in [-0.15, -0.1) is 11.8 Å². The second-order valence-electron chi connectivity index (χ2n) is 6.26. The summed E-state index contributed by atoms with van der Waals surface area (Å²) < 4.78 is 10.2. The Bertz CT molecular complexity index is 682. The predicted octanol–water partition coefficient (Wildman–Crippen LogP) is 2.12. The van der Waals surface area contributed by atoms with Crippen LogP contribution >= 0.6 is 11.8 Å². The van der Waals surface area contributed by atoms with Crippen LogP contribution in [0.5, 0.6) is 5.75 Å². The largest absolute Gasteiger partial charge is 0.496 e. The lowest BCUT2D eigenvalue weighted by atomic mass is 10.1. The average Bonchev–Trinajstić information content (AvgIpc) is 3.03. The van der Waals surface area contributed by atoms with Crippen molar-refractivity contribution in [2.45, 2.75) is 37.6 Å². The van der Waals surface area contributed by atoms with Crippen molar-refractivity contribution in [2.75, 3.05) is 26.5 Å². The molecule has 7 nitrogen and oxygen atoms in total. The summed E-state index contributed by atoms with van der Waals surface area (Å²) in [5.74, 6) is 0.588. The van der Waals surface area contributed by atoms with Crippen LogP contribution in [0.3, 0.4) is 0 Å². The van der Waals surface area contributed by atoms with Gasteiger partial charge in [0, 0.05) is 19.0 Å². The molecule has 0 radical (unpaired) electrons. The Morgan fingerprint density at radius 3 is 2.70 bits per heavy atom. The topological polar surface area (TPSA) is 84.9 Å². The van der Waals surface area contributed by atoms with Gasteiger partial charge in [0.15, 0.2) is 0 Å². The fourth-order valence-electron chi connectivity index (χ4n) is 3.09. The monoisotopic (exact) mass is 394 g/mol. The van der Waals surface area contributed by atoms with Crippen molar-refractivity contribution in [1.29, 1.82) is 0 Å². The minimum atomic E-state index is -0.652. The Balaban J connectivity index is 1.94. The zero-order valence-corrected chi connectivity index (χ0v) is 16.7. The number of carbonyl (C=O) groups excluding carboxylic acids is 3. The zero-order valence-electron chi connectivity index (χ0n) is 15.9. The van der Waals surface area contributed by atoms with Crippen LogP contribution in [0.15, 0.2) is 24.3 Å². The van der Waals surface area contributed by atoms with Gasteiger partial charge in [-0.3, -0.25) is 9.59 Å². The number of unbranched alkanes of at least 4 members (excludes halogenated alkanes) is 1. The lowest BCUT2D eigenvalue weighted by Crippen LogP contribution is -2.40. The Morgan fingerprint density at radius 2 is 2.04 bits per heavy atom. The van der Waals surface area contributed by atoms with E-state index in [2.05, 4.69) is 5.32 Å². The van der Waals surface area contributed by atoms with Crippen LogP contribution in [-0.4, -0.2) is 55.2 Å². The van der Waals surface area contributed by atoms with Crippen molar-refractivity contribution < 1.29 is 23.9 Å². The van der Waals surface area contributed by atoms with E-state index in [-0.39, 0.29) is 17.2 Å². The zero-order chi connectivity index (χ0) is 19.8. The lowest BCUT2D eigenvalue weighted by molar-refractivity contribution is -0.145. The molecule has 0 aromatic heterocycles. The molecule has 1 aliphatic rings. The second kappa shape index (κ2) is 10.2. The maximum atomic E-state index is 12.3. The molecule has 2 amide bonds. The first-order chi connectivity index (χ1) is 13.0. The number of carbonyl (C=O) groups is 3. The molecule has 1 aromatic carbocycles. The average molecular weight is 394 g/mol. The van der Waals surface area contributed by atoms with Gasteiger partial charge >= 0.3 is 5.97 Å². The molecule has 1 N–H and O–H groups in total. The van der Waals surface area contributed by atoms with Gasteiger partial charge in [0.2, 0.25) is 11.8 Å². The summed E-state index contributed by atoms with van der Waals surface area (Å²) in [5.41, 5.74) is 0.988. The molecule has 0 saturated carbocycles. The molecule has 2 atom stereocenters. The highest BCUT2D eigenvalue weighted by atomic mass is 32.2. The first kappa shape index (κ1) is 21.1. The van der Waals surface area contributed by atoms with Gasteiger partial charge in [0.05, 0.1) is 20.0 Å². The Hall–Kier alpha value is -2.22. The van der Waals surface area contributed by atoms with E-state index >= 15 is 0 Å². The number of ether oxygens (including phenoxy) is 2. The second-order valence-corrected chi connectivity index (χ2v) is 7.33. The first-order valence-electron chi connectivity index (χ1n) is 8.86. The molecule has 0 aliphatic carbocycles. The van der Waals surface area contributed by atoms with Crippen molar-refractivity contribution in [2.24, 2.45) is 0 Å². The Morgan fingerprint density at radius 1 is 1.30 bits per heavy atom. The van der Waals surface area contributed by atoms with Gasteiger partial charge in [0.25, 0.3) is 0 Å². The molecule has 1 aliphatic heterocycles. The van der Waals surface area contributed by atoms with Crippen LogP contribution in [-0.2, 0) is 19.1 Å². The van der Waals surface area contributed by atoms with Gasteiger partial charge in [0.1, 0.15) is 17.2 Å². The molecule has 27 heavy (non-hydrogen) atoms. The highest BCUT2D eigenvalue weighted by molar-refractivity contribution is 8.00. The van der Waals surface area contributed by atoms with Crippen LogP contribution in [0.1, 0.15) is 37.1 Å². The number of esters is 1. The predicted molar refractivity (Wildman–Crippen MR) is 103 cm³/mol. The maximum Gasteiger partial charge on any atom is 0.328 e. The number of thioether (sulfide) groups is 1. The smallest absolute Gasteiger partial charge is 0.328 e. The summed E-state index contributed by atoms with van der Waals surface area (Å²) in [6.07, 6.45) is 1.89. The SMILES string of the molecule is COC(=O)C(CCCCN1C(=O)CSC1c1ccccc1OC)NC(C)=O. The summed E-state index contributed by atoms with van der Waals surface area (Å²) in [7, 11) is 2.93. The summed E-state index contributed by atoms with van der Waals surface area (Å²) in [6.45, 7) is 1.95. The van der Waals surface area contributed by atoms with Gasteiger partial charge in [-0.05, 0) is 25.3 Å². The number of para-hydroxylation sites is 1. The number of benzene rings is 1. The highest BCUT2D eigenvalue weighted by Gasteiger charge is 2.34. The van der Waals surface area contributed by atoms with E-state index in [9.17, 15) is 14.4 Å². The molecular weight excluding hydrogens is 368 g/mol. The third-order valence-electron chi connectivity index (χ3n) is 4.38. The van der Waals surface area contributed by atoms with Crippen molar-refractivity contribution in [3.8, 4) is 5.75 Å². The number of hydrogen-bond donors (Lipinski definition) is 1. The number of methoxy groups -OCH3 is 2. The third-order valence-corrected chi connectivity index (χ3v) is 5.62. The number of nitrogens with one attached hydrogen (secondary N) is 1. The number of rotatable bonds is 9. The molecule has 8 heteroatoms. The van der Waals surface area contributed by atoms with Crippen LogP contribution in [0.2, 0.25) is 0 Å². The van der Waals surface area contributed by atoms with Gasteiger partial charge in [-0.1, -0.05) is 18.2 Å². The third kappa shape index (κ3) is 5.63. The van der Waals surface area contributed by atoms with E-state index in [0.29, 0.717) is 25.1 Å². The van der Waals surface area contributed by atoms with E-state index in [1.165, 1.54) is 14.0 Å². The fraction of sp³-hybridized carbons (Fsp3) is 0.526. The Kier molecular flexibility index (Phi) is 7.97. The van der Waals surface area contributed by atoms with Crippen LogP contribution < -0.4 is 10.1 Å². The Labute approximate surface area is 163 Å². The summed E-state index contributed by atoms with van der Waals surface area (Å²) in [4.78, 5) is 37.1. The number of amides is 2. The van der Waals surface area contributed by atoms with Crippen molar-refractivity contribution in [3.63, 3.8) is 0 Å². The molecule has 0 bridgehead atoms. The van der Waals surface area contributed by atoms with Gasteiger partial charge in [-0.25, -0.2) is 4.79 Å². The molecule has 1 saturated heterocycles. The highest BCUT2D eigenvalue weighted by Crippen LogP contribution is 2.42. The molecular formula is C19H26N2O5S. The summed E-state index contributed by atoms with van der Waals surface area (Å²) >= 11 is 1.59. The van der Waals surface area contributed by atoms with E-state index in [4.69, 9.17) is 9.47 Å². The lowest BCUT2D eigenvalue weighted by Gasteiger charge is -2.25. The van der Waals surface area contributed by atoms with E-state index in [0.717, 1.165) is 17.7 Å². The van der Waals surface area contributed by atoms with E-state index in [1.54, 1.807) is 18.9 Å². The van der Waals surface area contributed by atoms with Gasteiger partial charge < -0.3 is 19.7 Å². The van der Waals surface area contributed by atoms with Gasteiger partial charge in [-0.2, -0.15) is 0 Å². The standard InChI is InChI=1S/C19H26N2O5S/c1-13(22)20-15(19(24)26-3)9-6-7-11-21-17(23)12-27-18(21)14-8-4-5-10-16(14)25-2/h4-5,8,10,15,18H,6-7,9,11-12H2,1-3H3,(H,20,22). The van der Waals surface area contributed by atoms with Crippen LogP contribution in [0.25, 0.3) is 0 Å². The molecule has 148 valence electrons. The van der Waals surface area contributed by atoms with E-state index < -0.39 is 12.0 Å². The molecule has 2 rings (SSSR count). The summed E-state index contributed by atoms with van der Waals surface area (Å²) in [6, 6.07) is 7.06. The summed E-state index contributed by atoms with van der Waals surface area (Å²) in [5, 5.41) is 2.53. The van der Waals surface area contributed by atoms with Crippen molar-refractivity contribution in [3.05, 3.63) is 29.8 Å². The molecule has 1 fully saturated rings. The first-order valence-corrected chi connectivity index (χ1v) is 9.91. The van der Waals surface area contributed by atoms with E-state index in [1.807, 2.05) is 29.2 Å². The fourth-order valence-corrected chi connectivity index (χ4v) is 4.33.